The van der Waals surface area contributed by atoms with E-state index in [1.54, 1.807) is 26.4 Å². The van der Waals surface area contributed by atoms with Crippen LogP contribution in [0.5, 0.6) is 5.75 Å². The predicted molar refractivity (Wildman–Crippen MR) is 106 cm³/mol. The normalized spacial score (nSPS) is 11.2. The van der Waals surface area contributed by atoms with Crippen LogP contribution in [0.15, 0.2) is 24.4 Å². The number of nitrogens with one attached hydrogen (secondary N) is 1. The van der Waals surface area contributed by atoms with Crippen molar-refractivity contribution in [1.29, 1.82) is 0 Å². The molecule has 0 fully saturated rings. The highest BCUT2D eigenvalue weighted by atomic mass is 35.5. The lowest BCUT2D eigenvalue weighted by Crippen LogP contribution is -2.27. The minimum atomic E-state index is -3.51. The maximum absolute atomic E-state index is 12.8. The topological polar surface area (TPSA) is 88.6 Å². The van der Waals surface area contributed by atoms with Crippen LogP contribution in [-0.2, 0) is 16.6 Å². The summed E-state index contributed by atoms with van der Waals surface area (Å²) in [4.78, 5) is 18.7. The Bertz CT molecular complexity index is 977. The number of hydrogen-bond donors (Lipinski definition) is 1. The molecule has 2 rings (SSSR count). The largest absolute Gasteiger partial charge is 0.496 e. The number of carbonyl (C=O) groups is 1. The number of benzene rings is 1. The maximum Gasteiger partial charge on any atom is 0.254 e. The lowest BCUT2D eigenvalue weighted by molar-refractivity contribution is 0.0783. The summed E-state index contributed by atoms with van der Waals surface area (Å²) >= 11 is 6.01. The molecule has 27 heavy (non-hydrogen) atoms. The van der Waals surface area contributed by atoms with E-state index in [9.17, 15) is 13.2 Å². The van der Waals surface area contributed by atoms with Crippen molar-refractivity contribution in [3.05, 3.63) is 51.8 Å². The number of aryl methyl sites for hydroxylation is 1. The van der Waals surface area contributed by atoms with Crippen LogP contribution in [-0.4, -0.2) is 44.6 Å². The highest BCUT2D eigenvalue weighted by Crippen LogP contribution is 2.26. The third kappa shape index (κ3) is 5.11. The number of ether oxygens (including phenoxy) is 1. The number of nitrogens with zero attached hydrogens (tertiary/aromatic N) is 2. The molecule has 7 nitrogen and oxygen atoms in total. The average molecular weight is 412 g/mol. The number of halogens is 1. The van der Waals surface area contributed by atoms with E-state index in [-0.39, 0.29) is 23.2 Å². The fourth-order valence-electron chi connectivity index (χ4n) is 2.68. The summed E-state index contributed by atoms with van der Waals surface area (Å²) in [6, 6.07) is 4.44. The molecule has 1 heterocycles. The standard InChI is InChI=1S/C18H22ClN3O4S/c1-11-9-20-16(12(2)17(11)26-4)10-22(3)18(23)13-6-7-14(19)15(8-13)21-27(5,24)25/h6-9,21H,10H2,1-5H3. The predicted octanol–water partition coefficient (Wildman–Crippen LogP) is 3.00. The van der Waals surface area contributed by atoms with Gasteiger partial charge >= 0.3 is 0 Å². The van der Waals surface area contributed by atoms with E-state index in [0.29, 0.717) is 5.56 Å². The Morgan fingerprint density at radius 3 is 2.59 bits per heavy atom. The monoisotopic (exact) mass is 411 g/mol. The van der Waals surface area contributed by atoms with Gasteiger partial charge in [-0.3, -0.25) is 14.5 Å². The first-order valence-corrected chi connectivity index (χ1v) is 10.3. The molecule has 1 N–H and O–H groups in total. The summed E-state index contributed by atoms with van der Waals surface area (Å²) in [5.41, 5.74) is 2.97. The highest BCUT2D eigenvalue weighted by Gasteiger charge is 2.18. The molecule has 0 saturated heterocycles. The molecule has 1 aromatic carbocycles. The van der Waals surface area contributed by atoms with E-state index < -0.39 is 10.0 Å². The van der Waals surface area contributed by atoms with Gasteiger partial charge in [-0.25, -0.2) is 8.42 Å². The Morgan fingerprint density at radius 2 is 2.00 bits per heavy atom. The van der Waals surface area contributed by atoms with Crippen molar-refractivity contribution < 1.29 is 17.9 Å². The molecule has 9 heteroatoms. The van der Waals surface area contributed by atoms with Gasteiger partial charge in [-0.15, -0.1) is 0 Å². The second kappa shape index (κ2) is 8.14. The van der Waals surface area contributed by atoms with Crippen LogP contribution >= 0.6 is 11.6 Å². The molecule has 0 saturated carbocycles. The van der Waals surface area contributed by atoms with E-state index in [0.717, 1.165) is 28.8 Å². The highest BCUT2D eigenvalue weighted by molar-refractivity contribution is 7.92. The molecule has 1 amide bonds. The van der Waals surface area contributed by atoms with Gasteiger partial charge in [0.25, 0.3) is 5.91 Å². The second-order valence-corrected chi connectivity index (χ2v) is 8.43. The van der Waals surface area contributed by atoms with Crippen molar-refractivity contribution in [1.82, 2.24) is 9.88 Å². The van der Waals surface area contributed by atoms with Crippen molar-refractivity contribution >= 4 is 33.2 Å². The Morgan fingerprint density at radius 1 is 1.33 bits per heavy atom. The molecule has 0 spiro atoms. The van der Waals surface area contributed by atoms with Gasteiger partial charge in [0, 0.05) is 29.9 Å². The van der Waals surface area contributed by atoms with Gasteiger partial charge in [0.15, 0.2) is 0 Å². The molecule has 0 bridgehead atoms. The fourth-order valence-corrected chi connectivity index (χ4v) is 3.47. The first kappa shape index (κ1) is 21.0. The second-order valence-electron chi connectivity index (χ2n) is 6.28. The number of hydrogen-bond acceptors (Lipinski definition) is 5. The average Bonchev–Trinajstić information content (AvgIpc) is 2.58. The number of carbonyl (C=O) groups excluding carboxylic acids is 1. The van der Waals surface area contributed by atoms with Crippen molar-refractivity contribution in [2.75, 3.05) is 25.1 Å². The number of anilines is 1. The first-order chi connectivity index (χ1) is 12.5. The van der Waals surface area contributed by atoms with Crippen LogP contribution in [0, 0.1) is 13.8 Å². The number of rotatable bonds is 6. The molecule has 0 unspecified atom stereocenters. The Labute approximate surface area is 164 Å². The van der Waals surface area contributed by atoms with Gasteiger partial charge in [-0.1, -0.05) is 11.6 Å². The quantitative estimate of drug-likeness (QED) is 0.789. The minimum absolute atomic E-state index is 0.157. The summed E-state index contributed by atoms with van der Waals surface area (Å²) in [7, 11) is -0.269. The number of methoxy groups -OCH3 is 1. The Hall–Kier alpha value is -2.32. The Balaban J connectivity index is 2.27. The lowest BCUT2D eigenvalue weighted by atomic mass is 10.1. The molecule has 0 atom stereocenters. The summed E-state index contributed by atoms with van der Waals surface area (Å²) in [6.07, 6.45) is 2.72. The maximum atomic E-state index is 12.8. The molecule has 0 aliphatic rings. The Kier molecular flexibility index (Phi) is 6.33. The van der Waals surface area contributed by atoms with E-state index in [2.05, 4.69) is 9.71 Å². The van der Waals surface area contributed by atoms with Crippen molar-refractivity contribution in [3.63, 3.8) is 0 Å². The SMILES string of the molecule is COc1c(C)cnc(CN(C)C(=O)c2ccc(Cl)c(NS(C)(=O)=O)c2)c1C. The summed E-state index contributed by atoms with van der Waals surface area (Å²) < 4.78 is 30.6. The van der Waals surface area contributed by atoms with Gasteiger partial charge in [0.1, 0.15) is 5.75 Å². The zero-order valence-corrected chi connectivity index (χ0v) is 17.4. The van der Waals surface area contributed by atoms with Crippen LogP contribution < -0.4 is 9.46 Å². The molecule has 0 aliphatic heterocycles. The van der Waals surface area contributed by atoms with Gasteiger partial charge in [-0.05, 0) is 32.0 Å². The van der Waals surface area contributed by atoms with Crippen molar-refractivity contribution in [3.8, 4) is 5.75 Å². The summed E-state index contributed by atoms with van der Waals surface area (Å²) in [5.74, 6) is 0.455. The van der Waals surface area contributed by atoms with E-state index in [1.807, 2.05) is 13.8 Å². The van der Waals surface area contributed by atoms with Gasteiger partial charge in [0.2, 0.25) is 10.0 Å². The summed E-state index contributed by atoms with van der Waals surface area (Å²) in [6.45, 7) is 4.07. The van der Waals surface area contributed by atoms with Crippen molar-refractivity contribution in [2.45, 2.75) is 20.4 Å². The van der Waals surface area contributed by atoms with E-state index >= 15 is 0 Å². The number of amides is 1. The van der Waals surface area contributed by atoms with E-state index in [4.69, 9.17) is 16.3 Å². The van der Waals surface area contributed by atoms with Gasteiger partial charge in [-0.2, -0.15) is 0 Å². The molecule has 1 aromatic heterocycles. The van der Waals surface area contributed by atoms with Gasteiger partial charge in [0.05, 0.1) is 36.3 Å². The molecular weight excluding hydrogens is 390 g/mol. The van der Waals surface area contributed by atoms with Crippen LogP contribution in [0.4, 0.5) is 5.69 Å². The first-order valence-electron chi connectivity index (χ1n) is 8.05. The lowest BCUT2D eigenvalue weighted by Gasteiger charge is -2.20. The smallest absolute Gasteiger partial charge is 0.254 e. The minimum Gasteiger partial charge on any atom is -0.496 e. The third-order valence-electron chi connectivity index (χ3n) is 3.99. The number of pyridine rings is 1. The third-order valence-corrected chi connectivity index (χ3v) is 4.91. The van der Waals surface area contributed by atoms with Crippen molar-refractivity contribution in [2.24, 2.45) is 0 Å². The van der Waals surface area contributed by atoms with Crippen LogP contribution in [0.1, 0.15) is 27.2 Å². The molecule has 0 radical (unpaired) electrons. The molecule has 0 aliphatic carbocycles. The zero-order valence-electron chi connectivity index (χ0n) is 15.8. The zero-order chi connectivity index (χ0) is 20.4. The molecule has 2 aromatic rings. The van der Waals surface area contributed by atoms with Gasteiger partial charge < -0.3 is 9.64 Å². The number of sulfonamides is 1. The van der Waals surface area contributed by atoms with Crippen LogP contribution in [0.25, 0.3) is 0 Å². The molecular formula is C18H22ClN3O4S. The fraction of sp³-hybridized carbons (Fsp3) is 0.333. The van der Waals surface area contributed by atoms with Crippen LogP contribution in [0.3, 0.4) is 0 Å². The molecule has 146 valence electrons. The van der Waals surface area contributed by atoms with E-state index in [1.165, 1.54) is 17.0 Å². The van der Waals surface area contributed by atoms with Crippen LogP contribution in [0.2, 0.25) is 5.02 Å². The summed E-state index contributed by atoms with van der Waals surface area (Å²) in [5, 5.41) is 0.209. The number of aromatic nitrogens is 1.